The van der Waals surface area contributed by atoms with Gasteiger partial charge in [-0.05, 0) is 52.3 Å². The van der Waals surface area contributed by atoms with E-state index in [4.69, 9.17) is 11.0 Å². The van der Waals surface area contributed by atoms with Gasteiger partial charge in [0.15, 0.2) is 0 Å². The fraction of sp³-hybridized carbons (Fsp3) is 0. The number of nitrogens with one attached hydrogen (secondary N) is 1. The summed E-state index contributed by atoms with van der Waals surface area (Å²) in [7, 11) is 0. The summed E-state index contributed by atoms with van der Waals surface area (Å²) in [5.41, 5.74) is 8.02. The lowest BCUT2D eigenvalue weighted by Gasteiger charge is -2.08. The second-order valence-corrected chi connectivity index (χ2v) is 4.52. The summed E-state index contributed by atoms with van der Waals surface area (Å²) in [5, 5.41) is 11.8. The van der Waals surface area contributed by atoms with E-state index < -0.39 is 0 Å². The van der Waals surface area contributed by atoms with Crippen molar-refractivity contribution in [3.63, 3.8) is 0 Å². The second kappa shape index (κ2) is 5.07. The van der Waals surface area contributed by atoms with Gasteiger partial charge in [-0.3, -0.25) is 0 Å². The van der Waals surface area contributed by atoms with Crippen molar-refractivity contribution in [2.45, 2.75) is 0 Å². The van der Waals surface area contributed by atoms with Crippen LogP contribution in [0.3, 0.4) is 0 Å². The van der Waals surface area contributed by atoms with E-state index in [1.165, 1.54) is 6.07 Å². The number of nitrogen functional groups attached to an aromatic ring is 1. The number of nitrogens with two attached hydrogens (primary N) is 1. The number of hydrogen-bond acceptors (Lipinski definition) is 3. The van der Waals surface area contributed by atoms with Crippen molar-refractivity contribution in [2.24, 2.45) is 0 Å². The van der Waals surface area contributed by atoms with Crippen molar-refractivity contribution in [1.29, 1.82) is 5.26 Å². The summed E-state index contributed by atoms with van der Waals surface area (Å²) in [6.07, 6.45) is 0. The maximum Gasteiger partial charge on any atom is 0.137 e. The van der Waals surface area contributed by atoms with Crippen LogP contribution < -0.4 is 11.1 Å². The third kappa shape index (κ3) is 2.60. The molecule has 0 radical (unpaired) electrons. The highest BCUT2D eigenvalue weighted by Gasteiger charge is 2.03. The van der Waals surface area contributed by atoms with Gasteiger partial charge in [0.2, 0.25) is 0 Å². The average molecular weight is 306 g/mol. The summed E-state index contributed by atoms with van der Waals surface area (Å²) < 4.78 is 13.5. The monoisotopic (exact) mass is 305 g/mol. The molecule has 2 aromatic rings. The number of nitrogens with zero attached hydrogens (tertiary/aromatic N) is 1. The largest absolute Gasteiger partial charge is 0.398 e. The number of benzene rings is 2. The van der Waals surface area contributed by atoms with Gasteiger partial charge < -0.3 is 11.1 Å². The molecule has 0 aromatic heterocycles. The Labute approximate surface area is 112 Å². The van der Waals surface area contributed by atoms with E-state index in [1.54, 1.807) is 30.3 Å². The van der Waals surface area contributed by atoms with E-state index in [0.717, 1.165) is 11.4 Å². The second-order valence-electron chi connectivity index (χ2n) is 3.67. The van der Waals surface area contributed by atoms with Crippen LogP contribution >= 0.6 is 15.9 Å². The Morgan fingerprint density at radius 2 is 1.83 bits per heavy atom. The van der Waals surface area contributed by atoms with Crippen LogP contribution in [0.15, 0.2) is 40.9 Å². The molecule has 0 amide bonds. The molecule has 3 nitrogen and oxygen atoms in total. The van der Waals surface area contributed by atoms with Crippen LogP contribution in [0.1, 0.15) is 5.56 Å². The molecule has 0 saturated carbocycles. The quantitative estimate of drug-likeness (QED) is 0.830. The lowest BCUT2D eigenvalue weighted by molar-refractivity contribution is 0.621. The molecule has 0 atom stereocenters. The Balaban J connectivity index is 2.26. The van der Waals surface area contributed by atoms with Gasteiger partial charge in [0.05, 0.1) is 15.7 Å². The first-order chi connectivity index (χ1) is 8.60. The molecule has 0 spiro atoms. The molecule has 90 valence electrons. The molecule has 0 aliphatic rings. The molecule has 0 unspecified atom stereocenters. The minimum atomic E-state index is -0.320. The molecule has 0 saturated heterocycles. The average Bonchev–Trinajstić information content (AvgIpc) is 2.34. The Kier molecular flexibility index (Phi) is 3.49. The van der Waals surface area contributed by atoms with Gasteiger partial charge in [-0.1, -0.05) is 0 Å². The molecule has 0 bridgehead atoms. The predicted octanol–water partition coefficient (Wildman–Crippen LogP) is 3.79. The third-order valence-corrected chi connectivity index (χ3v) is 2.99. The topological polar surface area (TPSA) is 61.8 Å². The lowest BCUT2D eigenvalue weighted by atomic mass is 10.1. The van der Waals surface area contributed by atoms with Gasteiger partial charge in [0, 0.05) is 11.4 Å². The Morgan fingerprint density at radius 1 is 1.17 bits per heavy atom. The normalized spacial score (nSPS) is 9.83. The molecular weight excluding hydrogens is 297 g/mol. The molecule has 18 heavy (non-hydrogen) atoms. The number of rotatable bonds is 2. The highest BCUT2D eigenvalue weighted by molar-refractivity contribution is 9.10. The summed E-state index contributed by atoms with van der Waals surface area (Å²) in [5.74, 6) is -0.320. The minimum absolute atomic E-state index is 0.320. The van der Waals surface area contributed by atoms with Crippen LogP contribution in [-0.2, 0) is 0 Å². The molecule has 0 aliphatic heterocycles. The minimum Gasteiger partial charge on any atom is -0.398 e. The zero-order valence-corrected chi connectivity index (χ0v) is 10.8. The van der Waals surface area contributed by atoms with Crippen molar-refractivity contribution in [3.05, 3.63) is 52.3 Å². The number of halogens is 2. The van der Waals surface area contributed by atoms with E-state index in [0.29, 0.717) is 15.7 Å². The van der Waals surface area contributed by atoms with Crippen molar-refractivity contribution < 1.29 is 4.39 Å². The summed E-state index contributed by atoms with van der Waals surface area (Å²) in [6.45, 7) is 0. The maximum absolute atomic E-state index is 13.1. The van der Waals surface area contributed by atoms with Gasteiger partial charge in [0.1, 0.15) is 11.9 Å². The van der Waals surface area contributed by atoms with Crippen molar-refractivity contribution in [3.8, 4) is 6.07 Å². The third-order valence-electron chi connectivity index (χ3n) is 2.38. The standard InChI is InChI=1S/C13H9BrFN3/c14-11-5-9(3-4-12(11)15)18-10-2-1-8(7-16)13(17)6-10/h1-6,18H,17H2. The first-order valence-corrected chi connectivity index (χ1v) is 5.91. The Morgan fingerprint density at radius 3 is 2.44 bits per heavy atom. The first-order valence-electron chi connectivity index (χ1n) is 5.12. The van der Waals surface area contributed by atoms with Crippen LogP contribution in [0.2, 0.25) is 0 Å². The molecule has 2 rings (SSSR count). The van der Waals surface area contributed by atoms with Crippen molar-refractivity contribution >= 4 is 33.0 Å². The molecule has 2 aromatic carbocycles. The van der Waals surface area contributed by atoms with Crippen LogP contribution in [0.4, 0.5) is 21.5 Å². The Bertz CT molecular complexity index is 635. The Hall–Kier alpha value is -2.06. The first kappa shape index (κ1) is 12.4. The van der Waals surface area contributed by atoms with E-state index in [2.05, 4.69) is 21.2 Å². The van der Waals surface area contributed by atoms with Gasteiger partial charge in [-0.25, -0.2) is 4.39 Å². The zero-order chi connectivity index (χ0) is 13.1. The van der Waals surface area contributed by atoms with Crippen LogP contribution in [-0.4, -0.2) is 0 Å². The van der Waals surface area contributed by atoms with Crippen molar-refractivity contribution in [1.82, 2.24) is 0 Å². The number of hydrogen-bond donors (Lipinski definition) is 2. The fourth-order valence-electron chi connectivity index (χ4n) is 1.48. The van der Waals surface area contributed by atoms with E-state index in [9.17, 15) is 4.39 Å². The molecular formula is C13H9BrFN3. The molecule has 0 heterocycles. The van der Waals surface area contributed by atoms with Gasteiger partial charge in [-0.2, -0.15) is 5.26 Å². The van der Waals surface area contributed by atoms with E-state index in [-0.39, 0.29) is 5.82 Å². The number of anilines is 3. The molecule has 5 heteroatoms. The lowest BCUT2D eigenvalue weighted by Crippen LogP contribution is -1.95. The van der Waals surface area contributed by atoms with Crippen LogP contribution in [0, 0.1) is 17.1 Å². The van der Waals surface area contributed by atoms with E-state index in [1.807, 2.05) is 6.07 Å². The highest BCUT2D eigenvalue weighted by atomic mass is 79.9. The van der Waals surface area contributed by atoms with Gasteiger partial charge in [-0.15, -0.1) is 0 Å². The van der Waals surface area contributed by atoms with Crippen LogP contribution in [0.5, 0.6) is 0 Å². The summed E-state index contributed by atoms with van der Waals surface area (Å²) in [4.78, 5) is 0. The highest BCUT2D eigenvalue weighted by Crippen LogP contribution is 2.25. The maximum atomic E-state index is 13.1. The molecule has 0 fully saturated rings. The van der Waals surface area contributed by atoms with Crippen molar-refractivity contribution in [2.75, 3.05) is 11.1 Å². The number of nitriles is 1. The van der Waals surface area contributed by atoms with E-state index >= 15 is 0 Å². The van der Waals surface area contributed by atoms with Gasteiger partial charge >= 0.3 is 0 Å². The smallest absolute Gasteiger partial charge is 0.137 e. The van der Waals surface area contributed by atoms with Gasteiger partial charge in [0.25, 0.3) is 0 Å². The summed E-state index contributed by atoms with van der Waals surface area (Å²) in [6, 6.07) is 11.6. The molecule has 0 aliphatic carbocycles. The fourth-order valence-corrected chi connectivity index (χ4v) is 1.86. The molecule has 3 N–H and O–H groups in total. The summed E-state index contributed by atoms with van der Waals surface area (Å²) >= 11 is 3.11. The SMILES string of the molecule is N#Cc1ccc(Nc2ccc(F)c(Br)c2)cc1N. The van der Waals surface area contributed by atoms with Crippen LogP contribution in [0.25, 0.3) is 0 Å². The predicted molar refractivity (Wildman–Crippen MR) is 73.0 cm³/mol. The zero-order valence-electron chi connectivity index (χ0n) is 9.24.